The van der Waals surface area contributed by atoms with Gasteiger partial charge < -0.3 is 10.5 Å². The molecule has 0 atom stereocenters. The fourth-order valence-corrected chi connectivity index (χ4v) is 1.28. The molecular weight excluding hydrogens is 198 g/mol. The van der Waals surface area contributed by atoms with Gasteiger partial charge in [0.05, 0.1) is 0 Å². The molecule has 1 aliphatic carbocycles. The van der Waals surface area contributed by atoms with Crippen molar-refractivity contribution in [2.45, 2.75) is 25.4 Å². The molecule has 1 fully saturated rings. The molecule has 2 rings (SSSR count). The molecule has 0 saturated heterocycles. The number of hydrogen-bond donors (Lipinski definition) is 1. The van der Waals surface area contributed by atoms with Crippen LogP contribution in [-0.2, 0) is 0 Å². The maximum atomic E-state index is 5.57. The predicted molar refractivity (Wildman–Crippen MR) is 56.2 cm³/mol. The van der Waals surface area contributed by atoms with Gasteiger partial charge in [-0.15, -0.1) is 0 Å². The highest BCUT2D eigenvalue weighted by Gasteiger charge is 2.19. The molecule has 1 saturated carbocycles. The normalized spacial score (nSPS) is 16.0. The monoisotopic (exact) mass is 209 g/mol. The van der Waals surface area contributed by atoms with Crippen molar-refractivity contribution < 1.29 is 4.74 Å². The lowest BCUT2D eigenvalue weighted by Crippen LogP contribution is -2.25. The van der Waals surface area contributed by atoms with E-state index in [0.29, 0.717) is 17.8 Å². The Bertz CT molecular complexity index is 352. The van der Waals surface area contributed by atoms with E-state index in [1.54, 1.807) is 12.3 Å². The SMILES string of the molecule is NC(=S)c1nccc(OC2CCC2)n1. The molecule has 1 aromatic rings. The zero-order valence-electron chi connectivity index (χ0n) is 7.64. The number of rotatable bonds is 3. The standard InChI is InChI=1S/C9H11N3OS/c10-8(14)9-11-5-4-7(12-9)13-6-2-1-3-6/h4-6H,1-3H2,(H2,10,14). The van der Waals surface area contributed by atoms with Crippen LogP contribution in [0.3, 0.4) is 0 Å². The lowest BCUT2D eigenvalue weighted by atomic mass is 9.96. The van der Waals surface area contributed by atoms with Crippen molar-refractivity contribution >= 4 is 17.2 Å². The maximum absolute atomic E-state index is 5.57. The van der Waals surface area contributed by atoms with E-state index < -0.39 is 0 Å². The average Bonchev–Trinajstić information content (AvgIpc) is 2.12. The second-order valence-corrected chi connectivity index (χ2v) is 3.69. The van der Waals surface area contributed by atoms with E-state index in [4.69, 9.17) is 22.7 Å². The van der Waals surface area contributed by atoms with Gasteiger partial charge in [0.1, 0.15) is 11.1 Å². The highest BCUT2D eigenvalue weighted by molar-refractivity contribution is 7.80. The van der Waals surface area contributed by atoms with Crippen LogP contribution in [0, 0.1) is 0 Å². The molecule has 0 aliphatic heterocycles. The van der Waals surface area contributed by atoms with Gasteiger partial charge in [0.15, 0.2) is 5.82 Å². The maximum Gasteiger partial charge on any atom is 0.217 e. The Morgan fingerprint density at radius 1 is 1.57 bits per heavy atom. The third kappa shape index (κ3) is 1.98. The van der Waals surface area contributed by atoms with Gasteiger partial charge in [-0.3, -0.25) is 0 Å². The Labute approximate surface area is 87.5 Å². The summed E-state index contributed by atoms with van der Waals surface area (Å²) in [5.74, 6) is 0.935. The Kier molecular flexibility index (Phi) is 2.58. The van der Waals surface area contributed by atoms with Gasteiger partial charge in [0, 0.05) is 12.3 Å². The van der Waals surface area contributed by atoms with Gasteiger partial charge >= 0.3 is 0 Å². The summed E-state index contributed by atoms with van der Waals surface area (Å²) in [6.07, 6.45) is 5.36. The van der Waals surface area contributed by atoms with Crippen LogP contribution in [0.25, 0.3) is 0 Å². The predicted octanol–water partition coefficient (Wildman–Crippen LogP) is 1.04. The minimum atomic E-state index is 0.198. The number of hydrogen-bond acceptors (Lipinski definition) is 4. The topological polar surface area (TPSA) is 61.0 Å². The van der Waals surface area contributed by atoms with Gasteiger partial charge in [0.25, 0.3) is 0 Å². The van der Waals surface area contributed by atoms with Crippen LogP contribution in [0.2, 0.25) is 0 Å². The van der Waals surface area contributed by atoms with Gasteiger partial charge in [0.2, 0.25) is 5.88 Å². The van der Waals surface area contributed by atoms with Gasteiger partial charge in [-0.05, 0) is 19.3 Å². The van der Waals surface area contributed by atoms with E-state index in [0.717, 1.165) is 12.8 Å². The van der Waals surface area contributed by atoms with Crippen LogP contribution in [-0.4, -0.2) is 21.1 Å². The average molecular weight is 209 g/mol. The van der Waals surface area contributed by atoms with E-state index in [1.807, 2.05) is 0 Å². The summed E-state index contributed by atoms with van der Waals surface area (Å²) in [7, 11) is 0. The molecular formula is C9H11N3OS. The number of thiocarbonyl (C=S) groups is 1. The summed E-state index contributed by atoms with van der Waals surface area (Å²) >= 11 is 4.77. The molecule has 0 aromatic carbocycles. The van der Waals surface area contributed by atoms with Gasteiger partial charge in [-0.25, -0.2) is 4.98 Å². The first-order chi connectivity index (χ1) is 6.75. The van der Waals surface area contributed by atoms with Crippen molar-refractivity contribution in [3.8, 4) is 5.88 Å². The minimum Gasteiger partial charge on any atom is -0.474 e. The zero-order valence-corrected chi connectivity index (χ0v) is 8.46. The smallest absolute Gasteiger partial charge is 0.217 e. The van der Waals surface area contributed by atoms with Crippen molar-refractivity contribution in [1.29, 1.82) is 0 Å². The molecule has 0 unspecified atom stereocenters. The van der Waals surface area contributed by atoms with E-state index in [2.05, 4.69) is 9.97 Å². The van der Waals surface area contributed by atoms with Crippen LogP contribution in [0.15, 0.2) is 12.3 Å². The van der Waals surface area contributed by atoms with E-state index in [1.165, 1.54) is 6.42 Å². The largest absolute Gasteiger partial charge is 0.474 e. The van der Waals surface area contributed by atoms with Crippen molar-refractivity contribution in [2.75, 3.05) is 0 Å². The van der Waals surface area contributed by atoms with Crippen molar-refractivity contribution in [3.05, 3.63) is 18.1 Å². The number of ether oxygens (including phenoxy) is 1. The molecule has 4 nitrogen and oxygen atoms in total. The Morgan fingerprint density at radius 2 is 2.36 bits per heavy atom. The molecule has 2 N–H and O–H groups in total. The van der Waals surface area contributed by atoms with Crippen molar-refractivity contribution in [3.63, 3.8) is 0 Å². The molecule has 74 valence electrons. The summed E-state index contributed by atoms with van der Waals surface area (Å²) in [4.78, 5) is 8.23. The fraction of sp³-hybridized carbons (Fsp3) is 0.444. The van der Waals surface area contributed by atoms with E-state index in [9.17, 15) is 0 Å². The van der Waals surface area contributed by atoms with Crippen molar-refractivity contribution in [1.82, 2.24) is 9.97 Å². The van der Waals surface area contributed by atoms with Gasteiger partial charge in [-0.1, -0.05) is 12.2 Å². The zero-order chi connectivity index (χ0) is 9.97. The minimum absolute atomic E-state index is 0.198. The van der Waals surface area contributed by atoms with Crippen LogP contribution in [0.5, 0.6) is 5.88 Å². The van der Waals surface area contributed by atoms with E-state index >= 15 is 0 Å². The first-order valence-corrected chi connectivity index (χ1v) is 4.96. The number of nitrogens with two attached hydrogens (primary N) is 1. The molecule has 0 radical (unpaired) electrons. The lowest BCUT2D eigenvalue weighted by Gasteiger charge is -2.25. The summed E-state index contributed by atoms with van der Waals surface area (Å²) in [6, 6.07) is 1.72. The molecule has 0 spiro atoms. The van der Waals surface area contributed by atoms with E-state index in [-0.39, 0.29) is 4.99 Å². The van der Waals surface area contributed by atoms with Crippen molar-refractivity contribution in [2.24, 2.45) is 5.73 Å². The number of aromatic nitrogens is 2. The first-order valence-electron chi connectivity index (χ1n) is 4.55. The van der Waals surface area contributed by atoms with Crippen LogP contribution >= 0.6 is 12.2 Å². The Hall–Kier alpha value is -1.23. The highest BCUT2D eigenvalue weighted by atomic mass is 32.1. The van der Waals surface area contributed by atoms with Gasteiger partial charge in [-0.2, -0.15) is 4.98 Å². The Balaban J connectivity index is 2.09. The summed E-state index contributed by atoms with van der Waals surface area (Å²) < 4.78 is 5.57. The second-order valence-electron chi connectivity index (χ2n) is 3.25. The molecule has 0 bridgehead atoms. The first kappa shape index (κ1) is 9.33. The van der Waals surface area contributed by atoms with Crippen LogP contribution < -0.4 is 10.5 Å². The lowest BCUT2D eigenvalue weighted by molar-refractivity contribution is 0.114. The Morgan fingerprint density at radius 3 is 2.93 bits per heavy atom. The molecule has 14 heavy (non-hydrogen) atoms. The second kappa shape index (κ2) is 3.88. The number of nitrogens with zero attached hydrogens (tertiary/aromatic N) is 2. The molecule has 1 aliphatic rings. The highest BCUT2D eigenvalue weighted by Crippen LogP contribution is 2.23. The summed E-state index contributed by atoms with van der Waals surface area (Å²) in [6.45, 7) is 0. The molecule has 0 amide bonds. The molecule has 1 aromatic heterocycles. The van der Waals surface area contributed by atoms with Crippen LogP contribution in [0.4, 0.5) is 0 Å². The summed E-state index contributed by atoms with van der Waals surface area (Å²) in [5, 5.41) is 0. The van der Waals surface area contributed by atoms with Crippen LogP contribution in [0.1, 0.15) is 25.1 Å². The molecule has 5 heteroatoms. The quantitative estimate of drug-likeness (QED) is 0.754. The fourth-order valence-electron chi connectivity index (χ4n) is 1.19. The third-order valence-corrected chi connectivity index (χ3v) is 2.37. The molecule has 1 heterocycles. The third-order valence-electron chi connectivity index (χ3n) is 2.19. The summed E-state index contributed by atoms with van der Waals surface area (Å²) in [5.41, 5.74) is 5.41.